The van der Waals surface area contributed by atoms with Crippen molar-refractivity contribution >= 4 is 11.6 Å². The average molecular weight is 290 g/mol. The van der Waals surface area contributed by atoms with Crippen LogP contribution in [0.3, 0.4) is 0 Å². The van der Waals surface area contributed by atoms with Gasteiger partial charge in [-0.1, -0.05) is 23.7 Å². The number of hydrogen-bond acceptors (Lipinski definition) is 2. The fraction of sp³-hybridized carbons (Fsp3) is 0.0833. The van der Waals surface area contributed by atoms with Gasteiger partial charge in [0.2, 0.25) is 5.56 Å². The number of alkyl halides is 3. The monoisotopic (exact) mass is 289 g/mol. The van der Waals surface area contributed by atoms with Crippen molar-refractivity contribution in [2.45, 2.75) is 6.36 Å². The Morgan fingerprint density at radius 1 is 1.16 bits per heavy atom. The second-order valence-corrected chi connectivity index (χ2v) is 4.00. The average Bonchev–Trinajstić information content (AvgIpc) is 2.26. The summed E-state index contributed by atoms with van der Waals surface area (Å²) in [6.45, 7) is 0. The Morgan fingerprint density at radius 2 is 1.89 bits per heavy atom. The minimum Gasteiger partial charge on any atom is -0.406 e. The van der Waals surface area contributed by atoms with Crippen LogP contribution in [0.5, 0.6) is 5.75 Å². The smallest absolute Gasteiger partial charge is 0.406 e. The van der Waals surface area contributed by atoms with E-state index in [9.17, 15) is 18.0 Å². The van der Waals surface area contributed by atoms with Gasteiger partial charge in [-0.25, -0.2) is 0 Å². The molecule has 7 heteroatoms. The van der Waals surface area contributed by atoms with Crippen molar-refractivity contribution in [3.63, 3.8) is 0 Å². The molecule has 0 aliphatic carbocycles. The number of aromatic amines is 1. The number of ether oxygens (including phenoxy) is 1. The van der Waals surface area contributed by atoms with Gasteiger partial charge in [0.25, 0.3) is 0 Å². The lowest BCUT2D eigenvalue weighted by atomic mass is 10.1. The molecule has 2 rings (SSSR count). The number of H-pyrrole nitrogens is 1. The van der Waals surface area contributed by atoms with Crippen LogP contribution in [0, 0.1) is 0 Å². The van der Waals surface area contributed by atoms with Gasteiger partial charge >= 0.3 is 6.36 Å². The minimum atomic E-state index is -4.76. The van der Waals surface area contributed by atoms with E-state index in [-0.39, 0.29) is 10.9 Å². The molecule has 0 amide bonds. The van der Waals surface area contributed by atoms with E-state index in [0.717, 1.165) is 0 Å². The van der Waals surface area contributed by atoms with Gasteiger partial charge in [0.1, 0.15) is 10.9 Å². The molecule has 0 unspecified atom stereocenters. The molecule has 100 valence electrons. The van der Waals surface area contributed by atoms with Gasteiger partial charge in [-0.05, 0) is 23.8 Å². The van der Waals surface area contributed by atoms with Gasteiger partial charge in [-0.15, -0.1) is 13.2 Å². The number of rotatable bonds is 2. The van der Waals surface area contributed by atoms with Crippen LogP contribution in [0.15, 0.2) is 41.2 Å². The number of benzene rings is 1. The van der Waals surface area contributed by atoms with E-state index in [0.29, 0.717) is 11.1 Å². The topological polar surface area (TPSA) is 42.1 Å². The van der Waals surface area contributed by atoms with Crippen LogP contribution in [0.1, 0.15) is 0 Å². The summed E-state index contributed by atoms with van der Waals surface area (Å²) in [4.78, 5) is 13.4. The Balaban J connectivity index is 2.40. The lowest BCUT2D eigenvalue weighted by Crippen LogP contribution is -2.17. The zero-order valence-corrected chi connectivity index (χ0v) is 10.0. The van der Waals surface area contributed by atoms with Gasteiger partial charge < -0.3 is 9.72 Å². The van der Waals surface area contributed by atoms with Crippen LogP contribution in [0.25, 0.3) is 11.1 Å². The maximum absolute atomic E-state index is 12.1. The van der Waals surface area contributed by atoms with E-state index in [1.54, 1.807) is 6.07 Å². The van der Waals surface area contributed by atoms with Crippen molar-refractivity contribution in [3.05, 3.63) is 51.9 Å². The maximum Gasteiger partial charge on any atom is 0.573 e. The summed E-state index contributed by atoms with van der Waals surface area (Å²) in [5.41, 5.74) is 0.424. The number of aromatic nitrogens is 1. The van der Waals surface area contributed by atoms with E-state index >= 15 is 0 Å². The van der Waals surface area contributed by atoms with Crippen molar-refractivity contribution in [2.24, 2.45) is 0 Å². The molecule has 0 saturated heterocycles. The molecule has 0 fully saturated rings. The normalized spacial score (nSPS) is 11.4. The zero-order valence-electron chi connectivity index (χ0n) is 9.29. The predicted molar refractivity (Wildman–Crippen MR) is 64.2 cm³/mol. The quantitative estimate of drug-likeness (QED) is 0.858. The fourth-order valence-electron chi connectivity index (χ4n) is 1.53. The molecule has 0 atom stereocenters. The summed E-state index contributed by atoms with van der Waals surface area (Å²) in [6.07, 6.45) is -4.76. The standard InChI is InChI=1S/C12H7ClF3NO2/c13-11-9(4-5-10(18)17-11)7-2-1-3-8(6-7)19-12(14,15)16/h1-6H,(H,17,18). The lowest BCUT2D eigenvalue weighted by Gasteiger charge is -2.10. The summed E-state index contributed by atoms with van der Waals surface area (Å²) in [7, 11) is 0. The molecule has 2 aromatic rings. The summed E-state index contributed by atoms with van der Waals surface area (Å²) < 4.78 is 40.1. The van der Waals surface area contributed by atoms with Gasteiger partial charge in [-0.3, -0.25) is 4.79 Å². The summed E-state index contributed by atoms with van der Waals surface area (Å²) in [5.74, 6) is -0.354. The summed E-state index contributed by atoms with van der Waals surface area (Å²) in [6, 6.07) is 7.98. The van der Waals surface area contributed by atoms with Gasteiger partial charge in [0.15, 0.2) is 0 Å². The number of hydrogen-bond donors (Lipinski definition) is 1. The molecule has 0 aliphatic rings. The number of pyridine rings is 1. The Bertz CT molecular complexity index is 652. The summed E-state index contributed by atoms with van der Waals surface area (Å²) >= 11 is 5.83. The van der Waals surface area contributed by atoms with Crippen LogP contribution in [0.4, 0.5) is 13.2 Å². The number of nitrogens with one attached hydrogen (secondary N) is 1. The van der Waals surface area contributed by atoms with Gasteiger partial charge in [0.05, 0.1) is 0 Å². The van der Waals surface area contributed by atoms with E-state index in [1.807, 2.05) is 0 Å². The predicted octanol–water partition coefficient (Wildman–Crippen LogP) is 3.59. The molecule has 0 bridgehead atoms. The van der Waals surface area contributed by atoms with Gasteiger partial charge in [-0.2, -0.15) is 0 Å². The van der Waals surface area contributed by atoms with Crippen molar-refractivity contribution in [1.82, 2.24) is 4.98 Å². The van der Waals surface area contributed by atoms with E-state index in [4.69, 9.17) is 11.6 Å². The minimum absolute atomic E-state index is 0.0525. The zero-order chi connectivity index (χ0) is 14.0. The first kappa shape index (κ1) is 13.5. The maximum atomic E-state index is 12.1. The highest BCUT2D eigenvalue weighted by Crippen LogP contribution is 2.30. The molecular formula is C12H7ClF3NO2. The highest BCUT2D eigenvalue weighted by atomic mass is 35.5. The second kappa shape index (κ2) is 4.97. The first-order valence-electron chi connectivity index (χ1n) is 5.10. The van der Waals surface area contributed by atoms with Crippen LogP contribution >= 0.6 is 11.6 Å². The molecule has 0 aliphatic heterocycles. The van der Waals surface area contributed by atoms with Gasteiger partial charge in [0, 0.05) is 11.6 Å². The molecular weight excluding hydrogens is 283 g/mol. The molecule has 3 nitrogen and oxygen atoms in total. The number of halogens is 4. The molecule has 0 radical (unpaired) electrons. The van der Waals surface area contributed by atoms with Crippen LogP contribution in [0.2, 0.25) is 5.15 Å². The molecule has 1 N–H and O–H groups in total. The molecule has 19 heavy (non-hydrogen) atoms. The highest BCUT2D eigenvalue weighted by molar-refractivity contribution is 6.32. The van der Waals surface area contributed by atoms with Crippen LogP contribution in [-0.4, -0.2) is 11.3 Å². The Kier molecular flexibility index (Phi) is 3.53. The van der Waals surface area contributed by atoms with E-state index in [1.165, 1.54) is 30.3 Å². The summed E-state index contributed by atoms with van der Waals surface area (Å²) in [5, 5.41) is 0.0525. The van der Waals surface area contributed by atoms with Crippen molar-refractivity contribution in [1.29, 1.82) is 0 Å². The first-order chi connectivity index (χ1) is 8.85. The van der Waals surface area contributed by atoms with Crippen LogP contribution in [-0.2, 0) is 0 Å². The fourth-order valence-corrected chi connectivity index (χ4v) is 1.80. The third-order valence-corrected chi connectivity index (χ3v) is 2.55. The first-order valence-corrected chi connectivity index (χ1v) is 5.48. The molecule has 1 aromatic carbocycles. The SMILES string of the molecule is O=c1ccc(-c2cccc(OC(F)(F)F)c2)c(Cl)[nH]1. The van der Waals surface area contributed by atoms with Crippen molar-refractivity contribution in [3.8, 4) is 16.9 Å². The lowest BCUT2D eigenvalue weighted by molar-refractivity contribution is -0.274. The second-order valence-electron chi connectivity index (χ2n) is 3.63. The van der Waals surface area contributed by atoms with Crippen molar-refractivity contribution in [2.75, 3.05) is 0 Å². The van der Waals surface area contributed by atoms with Crippen molar-refractivity contribution < 1.29 is 17.9 Å². The van der Waals surface area contributed by atoms with E-state index < -0.39 is 11.9 Å². The van der Waals surface area contributed by atoms with E-state index in [2.05, 4.69) is 9.72 Å². The molecule has 0 spiro atoms. The third-order valence-electron chi connectivity index (χ3n) is 2.25. The molecule has 1 heterocycles. The largest absolute Gasteiger partial charge is 0.573 e. The molecule has 1 aromatic heterocycles. The Labute approximate surface area is 110 Å². The Hall–Kier alpha value is -1.95. The third kappa shape index (κ3) is 3.51. The molecule has 0 saturated carbocycles. The highest BCUT2D eigenvalue weighted by Gasteiger charge is 2.31. The Morgan fingerprint density at radius 3 is 2.53 bits per heavy atom. The van der Waals surface area contributed by atoms with Crippen LogP contribution < -0.4 is 10.3 Å².